The molecule has 0 amide bonds. The first-order valence-corrected chi connectivity index (χ1v) is 9.05. The Hall–Kier alpha value is -2.79. The summed E-state index contributed by atoms with van der Waals surface area (Å²) in [5.41, 5.74) is 5.42. The molecule has 1 N–H and O–H groups in total. The highest BCUT2D eigenvalue weighted by molar-refractivity contribution is 5.77. The smallest absolute Gasteiger partial charge is 0.161 e. The van der Waals surface area contributed by atoms with Crippen LogP contribution in [0.3, 0.4) is 0 Å². The summed E-state index contributed by atoms with van der Waals surface area (Å²) in [6.07, 6.45) is 5.07. The standard InChI is InChI=1S/C22H26N2O3/c1-5-6-17-7-8-21(22(11-17)26-4)27-13-18(25)12-24-14-23-19-9-15(2)16(3)10-20(19)24/h5-11,14,18,25H,12-13H2,1-4H3/b6-5-/t18-/m0/s1. The molecule has 27 heavy (non-hydrogen) atoms. The Bertz CT molecular complexity index is 960. The Morgan fingerprint density at radius 3 is 2.67 bits per heavy atom. The van der Waals surface area contributed by atoms with Gasteiger partial charge in [-0.3, -0.25) is 0 Å². The molecule has 1 aromatic heterocycles. The normalized spacial score (nSPS) is 12.6. The summed E-state index contributed by atoms with van der Waals surface area (Å²) < 4.78 is 13.2. The van der Waals surface area contributed by atoms with Gasteiger partial charge in [0.2, 0.25) is 0 Å². The molecule has 142 valence electrons. The number of imidazole rings is 1. The number of aromatic nitrogens is 2. The van der Waals surface area contributed by atoms with Gasteiger partial charge in [0.25, 0.3) is 0 Å². The predicted octanol–water partition coefficient (Wildman–Crippen LogP) is 4.13. The van der Waals surface area contributed by atoms with Gasteiger partial charge in [0.15, 0.2) is 11.5 Å². The van der Waals surface area contributed by atoms with Gasteiger partial charge in [-0.05, 0) is 61.7 Å². The largest absolute Gasteiger partial charge is 0.493 e. The van der Waals surface area contributed by atoms with E-state index >= 15 is 0 Å². The number of hydrogen-bond acceptors (Lipinski definition) is 4. The Balaban J connectivity index is 1.68. The minimum absolute atomic E-state index is 0.170. The number of methoxy groups -OCH3 is 1. The second kappa shape index (κ2) is 8.27. The summed E-state index contributed by atoms with van der Waals surface area (Å²) in [6, 6.07) is 9.91. The lowest BCUT2D eigenvalue weighted by Gasteiger charge is -2.16. The van der Waals surface area contributed by atoms with Crippen LogP contribution in [0.15, 0.2) is 42.7 Å². The average molecular weight is 366 g/mol. The predicted molar refractivity (Wildman–Crippen MR) is 108 cm³/mol. The third-order valence-electron chi connectivity index (χ3n) is 4.62. The lowest BCUT2D eigenvalue weighted by Crippen LogP contribution is -2.23. The highest BCUT2D eigenvalue weighted by Gasteiger charge is 2.12. The van der Waals surface area contributed by atoms with Crippen molar-refractivity contribution in [2.24, 2.45) is 0 Å². The third kappa shape index (κ3) is 4.31. The van der Waals surface area contributed by atoms with Crippen molar-refractivity contribution in [1.29, 1.82) is 0 Å². The van der Waals surface area contributed by atoms with Crippen LogP contribution < -0.4 is 9.47 Å². The van der Waals surface area contributed by atoms with Crippen molar-refractivity contribution in [3.05, 3.63) is 59.4 Å². The van der Waals surface area contributed by atoms with Crippen LogP contribution in [0.25, 0.3) is 17.1 Å². The maximum atomic E-state index is 10.4. The average Bonchev–Trinajstić information content (AvgIpc) is 3.02. The molecule has 1 atom stereocenters. The highest BCUT2D eigenvalue weighted by Crippen LogP contribution is 2.29. The SMILES string of the molecule is C/C=C\c1ccc(OC[C@@H](O)Cn2cnc3cc(C)c(C)cc32)c(OC)c1. The van der Waals surface area contributed by atoms with Crippen LogP contribution >= 0.6 is 0 Å². The van der Waals surface area contributed by atoms with E-state index in [-0.39, 0.29) is 6.61 Å². The van der Waals surface area contributed by atoms with Crippen molar-refractivity contribution in [1.82, 2.24) is 9.55 Å². The van der Waals surface area contributed by atoms with E-state index in [0.717, 1.165) is 16.6 Å². The molecule has 0 aliphatic carbocycles. The number of rotatable bonds is 7. The summed E-state index contributed by atoms with van der Waals surface area (Å²) in [5.74, 6) is 1.27. The van der Waals surface area contributed by atoms with E-state index in [1.807, 2.05) is 41.8 Å². The third-order valence-corrected chi connectivity index (χ3v) is 4.62. The number of allylic oxidation sites excluding steroid dienone is 1. The molecule has 0 saturated heterocycles. The number of aliphatic hydroxyl groups excluding tert-OH is 1. The van der Waals surface area contributed by atoms with E-state index < -0.39 is 6.10 Å². The van der Waals surface area contributed by atoms with Gasteiger partial charge in [-0.2, -0.15) is 0 Å². The maximum Gasteiger partial charge on any atom is 0.161 e. The van der Waals surface area contributed by atoms with Crippen LogP contribution in [-0.4, -0.2) is 34.5 Å². The van der Waals surface area contributed by atoms with Gasteiger partial charge in [0.1, 0.15) is 12.7 Å². The fourth-order valence-corrected chi connectivity index (χ4v) is 3.02. The van der Waals surface area contributed by atoms with Crippen LogP contribution in [0.5, 0.6) is 11.5 Å². The zero-order valence-electron chi connectivity index (χ0n) is 16.3. The zero-order valence-corrected chi connectivity index (χ0v) is 16.3. The van der Waals surface area contributed by atoms with E-state index in [0.29, 0.717) is 18.0 Å². The van der Waals surface area contributed by atoms with E-state index in [1.54, 1.807) is 13.4 Å². The lowest BCUT2D eigenvalue weighted by molar-refractivity contribution is 0.0919. The fourth-order valence-electron chi connectivity index (χ4n) is 3.02. The van der Waals surface area contributed by atoms with Crippen LogP contribution in [0.4, 0.5) is 0 Å². The second-order valence-electron chi connectivity index (χ2n) is 6.70. The van der Waals surface area contributed by atoms with Crippen molar-refractivity contribution >= 4 is 17.1 Å². The molecule has 0 aliphatic rings. The van der Waals surface area contributed by atoms with E-state index in [2.05, 4.69) is 31.0 Å². The summed E-state index contributed by atoms with van der Waals surface area (Å²) in [7, 11) is 1.61. The van der Waals surface area contributed by atoms with Gasteiger partial charge in [-0.1, -0.05) is 18.2 Å². The number of nitrogens with zero attached hydrogens (tertiary/aromatic N) is 2. The first-order valence-electron chi connectivity index (χ1n) is 9.05. The molecule has 5 nitrogen and oxygen atoms in total. The molecule has 3 rings (SSSR count). The van der Waals surface area contributed by atoms with Crippen molar-refractivity contribution in [3.63, 3.8) is 0 Å². The molecule has 5 heteroatoms. The highest BCUT2D eigenvalue weighted by atomic mass is 16.5. The Kier molecular flexibility index (Phi) is 5.81. The number of aryl methyl sites for hydroxylation is 2. The first-order chi connectivity index (χ1) is 13.0. The Morgan fingerprint density at radius 1 is 1.15 bits per heavy atom. The fraction of sp³-hybridized carbons (Fsp3) is 0.318. The summed E-state index contributed by atoms with van der Waals surface area (Å²) in [6.45, 7) is 6.71. The number of hydrogen-bond donors (Lipinski definition) is 1. The van der Waals surface area contributed by atoms with Crippen molar-refractivity contribution in [2.75, 3.05) is 13.7 Å². The van der Waals surface area contributed by atoms with Gasteiger partial charge < -0.3 is 19.1 Å². The molecule has 0 spiro atoms. The van der Waals surface area contributed by atoms with Gasteiger partial charge in [0, 0.05) is 0 Å². The molecule has 0 aliphatic heterocycles. The summed E-state index contributed by atoms with van der Waals surface area (Å²) in [4.78, 5) is 4.43. The van der Waals surface area contributed by atoms with Crippen molar-refractivity contribution in [3.8, 4) is 11.5 Å². The quantitative estimate of drug-likeness (QED) is 0.683. The van der Waals surface area contributed by atoms with Gasteiger partial charge in [0.05, 0.1) is 31.0 Å². The van der Waals surface area contributed by atoms with Gasteiger partial charge in [-0.15, -0.1) is 0 Å². The molecular formula is C22H26N2O3. The van der Waals surface area contributed by atoms with Crippen LogP contribution in [0.1, 0.15) is 23.6 Å². The molecule has 0 unspecified atom stereocenters. The van der Waals surface area contributed by atoms with Crippen molar-refractivity contribution in [2.45, 2.75) is 33.4 Å². The lowest BCUT2D eigenvalue weighted by atomic mass is 10.1. The Morgan fingerprint density at radius 2 is 1.93 bits per heavy atom. The molecular weight excluding hydrogens is 340 g/mol. The van der Waals surface area contributed by atoms with Gasteiger partial charge in [-0.25, -0.2) is 4.98 Å². The Labute approximate surface area is 159 Å². The minimum atomic E-state index is -0.663. The maximum absolute atomic E-state index is 10.4. The molecule has 0 radical (unpaired) electrons. The number of fused-ring (bicyclic) bond motifs is 1. The van der Waals surface area contributed by atoms with E-state index in [4.69, 9.17) is 9.47 Å². The molecule has 2 aromatic carbocycles. The van der Waals surface area contributed by atoms with E-state index in [1.165, 1.54) is 11.1 Å². The summed E-state index contributed by atoms with van der Waals surface area (Å²) in [5, 5.41) is 10.4. The second-order valence-corrected chi connectivity index (χ2v) is 6.70. The van der Waals surface area contributed by atoms with Crippen LogP contribution in [0.2, 0.25) is 0 Å². The van der Waals surface area contributed by atoms with E-state index in [9.17, 15) is 5.11 Å². The zero-order chi connectivity index (χ0) is 19.4. The molecule has 0 fully saturated rings. The molecule has 0 bridgehead atoms. The summed E-state index contributed by atoms with van der Waals surface area (Å²) >= 11 is 0. The number of benzene rings is 2. The molecule has 1 heterocycles. The molecule has 0 saturated carbocycles. The van der Waals surface area contributed by atoms with Crippen molar-refractivity contribution < 1.29 is 14.6 Å². The topological polar surface area (TPSA) is 56.5 Å². The van der Waals surface area contributed by atoms with Crippen LogP contribution in [-0.2, 0) is 6.54 Å². The monoisotopic (exact) mass is 366 g/mol. The number of ether oxygens (including phenoxy) is 2. The molecule has 3 aromatic rings. The van der Waals surface area contributed by atoms with Crippen LogP contribution in [0, 0.1) is 13.8 Å². The minimum Gasteiger partial charge on any atom is -0.493 e. The number of aliphatic hydroxyl groups is 1. The first kappa shape index (κ1) is 19.0. The van der Waals surface area contributed by atoms with Gasteiger partial charge >= 0.3 is 0 Å².